The lowest BCUT2D eigenvalue weighted by atomic mass is 10.0. The van der Waals surface area contributed by atoms with Crippen molar-refractivity contribution in [1.82, 2.24) is 5.32 Å². The smallest absolute Gasteiger partial charge is 0.252 e. The first-order valence-electron chi connectivity index (χ1n) is 4.34. The Balaban J connectivity index is 2.25. The second kappa shape index (κ2) is 2.15. The molecular formula is C10H8BrNO. The Morgan fingerprint density at radius 3 is 2.85 bits per heavy atom. The zero-order valence-corrected chi connectivity index (χ0v) is 8.52. The number of carbonyl (C=O) groups excluding carboxylic acids is 1. The lowest BCUT2D eigenvalue weighted by Crippen LogP contribution is -2.25. The number of rotatable bonds is 0. The normalized spacial score (nSPS) is 21.5. The van der Waals surface area contributed by atoms with Crippen LogP contribution in [0.3, 0.4) is 0 Å². The van der Waals surface area contributed by atoms with Gasteiger partial charge in [-0.05, 0) is 30.5 Å². The summed E-state index contributed by atoms with van der Waals surface area (Å²) < 4.78 is 0.971. The molecule has 0 bridgehead atoms. The maximum absolute atomic E-state index is 11.5. The molecule has 1 amide bonds. The number of benzene rings is 1. The summed E-state index contributed by atoms with van der Waals surface area (Å²) in [6, 6.07) is 5.95. The van der Waals surface area contributed by atoms with Gasteiger partial charge in [0, 0.05) is 10.0 Å². The molecule has 1 aromatic carbocycles. The number of fused-ring (bicyclic) bond motifs is 2. The highest BCUT2D eigenvalue weighted by Gasteiger charge is 2.51. The second-order valence-corrected chi connectivity index (χ2v) is 4.64. The lowest BCUT2D eigenvalue weighted by molar-refractivity contribution is 0.0952. The van der Waals surface area contributed by atoms with Gasteiger partial charge in [0.2, 0.25) is 0 Å². The summed E-state index contributed by atoms with van der Waals surface area (Å²) in [5.74, 6) is 0.0776. The maximum Gasteiger partial charge on any atom is 0.252 e. The Morgan fingerprint density at radius 2 is 2.15 bits per heavy atom. The van der Waals surface area contributed by atoms with Crippen LogP contribution < -0.4 is 5.32 Å². The Kier molecular flexibility index (Phi) is 1.25. The van der Waals surface area contributed by atoms with E-state index in [1.807, 2.05) is 18.2 Å². The monoisotopic (exact) mass is 237 g/mol. The highest BCUT2D eigenvalue weighted by Crippen LogP contribution is 2.50. The summed E-state index contributed by atoms with van der Waals surface area (Å²) >= 11 is 3.37. The second-order valence-electron chi connectivity index (χ2n) is 3.73. The lowest BCUT2D eigenvalue weighted by Gasteiger charge is -2.06. The van der Waals surface area contributed by atoms with Crippen LogP contribution in [0.25, 0.3) is 0 Å². The molecule has 1 saturated carbocycles. The van der Waals surface area contributed by atoms with Gasteiger partial charge in [0.05, 0.1) is 5.54 Å². The van der Waals surface area contributed by atoms with Gasteiger partial charge in [-0.1, -0.05) is 22.0 Å². The van der Waals surface area contributed by atoms with Crippen LogP contribution in [0.4, 0.5) is 0 Å². The van der Waals surface area contributed by atoms with E-state index in [1.165, 1.54) is 5.56 Å². The molecule has 3 rings (SSSR count). The average molecular weight is 238 g/mol. The molecule has 0 atom stereocenters. The minimum atomic E-state index is 0.0209. The Morgan fingerprint density at radius 1 is 1.38 bits per heavy atom. The van der Waals surface area contributed by atoms with Gasteiger partial charge in [-0.25, -0.2) is 0 Å². The number of nitrogens with one attached hydrogen (secondary N) is 1. The van der Waals surface area contributed by atoms with Crippen molar-refractivity contribution in [3.05, 3.63) is 33.8 Å². The van der Waals surface area contributed by atoms with Gasteiger partial charge >= 0.3 is 0 Å². The van der Waals surface area contributed by atoms with Crippen molar-refractivity contribution in [3.63, 3.8) is 0 Å². The molecule has 1 aromatic rings. The highest BCUT2D eigenvalue weighted by atomic mass is 79.9. The molecule has 1 heterocycles. The van der Waals surface area contributed by atoms with Crippen molar-refractivity contribution >= 4 is 21.8 Å². The van der Waals surface area contributed by atoms with Gasteiger partial charge in [-0.2, -0.15) is 0 Å². The van der Waals surface area contributed by atoms with E-state index in [0.717, 1.165) is 22.9 Å². The Hall–Kier alpha value is -0.830. The maximum atomic E-state index is 11.5. The third kappa shape index (κ3) is 0.908. The highest BCUT2D eigenvalue weighted by molar-refractivity contribution is 9.10. The molecule has 1 aliphatic carbocycles. The number of hydrogen-bond acceptors (Lipinski definition) is 1. The molecule has 1 aliphatic heterocycles. The predicted molar refractivity (Wildman–Crippen MR) is 52.5 cm³/mol. The quantitative estimate of drug-likeness (QED) is 0.737. The van der Waals surface area contributed by atoms with Crippen molar-refractivity contribution in [2.24, 2.45) is 0 Å². The molecular weight excluding hydrogens is 230 g/mol. The van der Waals surface area contributed by atoms with Crippen LogP contribution in [-0.2, 0) is 5.54 Å². The number of amides is 1. The zero-order chi connectivity index (χ0) is 9.05. The molecule has 2 nitrogen and oxygen atoms in total. The zero-order valence-electron chi connectivity index (χ0n) is 6.93. The number of carbonyl (C=O) groups is 1. The predicted octanol–water partition coefficient (Wildman–Crippen LogP) is 2.18. The minimum Gasteiger partial charge on any atom is -0.342 e. The van der Waals surface area contributed by atoms with Crippen LogP contribution in [0.2, 0.25) is 0 Å². The molecule has 13 heavy (non-hydrogen) atoms. The Bertz CT molecular complexity index is 409. The fraction of sp³-hybridized carbons (Fsp3) is 0.300. The van der Waals surface area contributed by atoms with E-state index in [9.17, 15) is 4.79 Å². The molecule has 0 aromatic heterocycles. The summed E-state index contributed by atoms with van der Waals surface area (Å²) in [4.78, 5) is 11.5. The molecule has 3 heteroatoms. The van der Waals surface area contributed by atoms with Gasteiger partial charge < -0.3 is 5.32 Å². The fourth-order valence-corrected chi connectivity index (χ4v) is 2.35. The van der Waals surface area contributed by atoms with E-state index in [-0.39, 0.29) is 11.4 Å². The van der Waals surface area contributed by atoms with Gasteiger partial charge in [0.25, 0.3) is 5.91 Å². The van der Waals surface area contributed by atoms with Crippen molar-refractivity contribution in [3.8, 4) is 0 Å². The van der Waals surface area contributed by atoms with Crippen LogP contribution in [-0.4, -0.2) is 5.91 Å². The first-order chi connectivity index (χ1) is 6.21. The molecule has 1 N–H and O–H groups in total. The molecule has 1 spiro atoms. The van der Waals surface area contributed by atoms with E-state index in [2.05, 4.69) is 21.2 Å². The summed E-state index contributed by atoms with van der Waals surface area (Å²) in [5.41, 5.74) is 2.04. The number of halogens is 1. The third-order valence-corrected chi connectivity index (χ3v) is 3.34. The van der Waals surface area contributed by atoms with Gasteiger partial charge in [-0.15, -0.1) is 0 Å². The van der Waals surface area contributed by atoms with E-state index in [1.54, 1.807) is 0 Å². The molecule has 66 valence electrons. The van der Waals surface area contributed by atoms with E-state index < -0.39 is 0 Å². The summed E-state index contributed by atoms with van der Waals surface area (Å²) in [6.45, 7) is 0. The summed E-state index contributed by atoms with van der Waals surface area (Å²) in [7, 11) is 0. The SMILES string of the molecule is O=C1NC2(CC2)c2ccc(Br)cc21. The van der Waals surface area contributed by atoms with Gasteiger partial charge in [-0.3, -0.25) is 4.79 Å². The van der Waals surface area contributed by atoms with Crippen LogP contribution >= 0.6 is 15.9 Å². The summed E-state index contributed by atoms with van der Waals surface area (Å²) in [6.07, 6.45) is 2.18. The largest absolute Gasteiger partial charge is 0.342 e. The fourth-order valence-electron chi connectivity index (χ4n) is 1.99. The van der Waals surface area contributed by atoms with Gasteiger partial charge in [0.15, 0.2) is 0 Å². The van der Waals surface area contributed by atoms with E-state index >= 15 is 0 Å². The van der Waals surface area contributed by atoms with E-state index in [4.69, 9.17) is 0 Å². The first kappa shape index (κ1) is 7.56. The Labute approximate surface area is 84.5 Å². The first-order valence-corrected chi connectivity index (χ1v) is 5.13. The average Bonchev–Trinajstić information content (AvgIpc) is 2.79. The topological polar surface area (TPSA) is 29.1 Å². The molecule has 0 radical (unpaired) electrons. The molecule has 2 aliphatic rings. The van der Waals surface area contributed by atoms with Crippen LogP contribution in [0.15, 0.2) is 22.7 Å². The third-order valence-electron chi connectivity index (χ3n) is 2.84. The van der Waals surface area contributed by atoms with Crippen molar-refractivity contribution in [2.45, 2.75) is 18.4 Å². The molecule has 0 saturated heterocycles. The van der Waals surface area contributed by atoms with Crippen molar-refractivity contribution in [1.29, 1.82) is 0 Å². The van der Waals surface area contributed by atoms with Gasteiger partial charge in [0.1, 0.15) is 0 Å². The van der Waals surface area contributed by atoms with E-state index in [0.29, 0.717) is 0 Å². The summed E-state index contributed by atoms with van der Waals surface area (Å²) in [5, 5.41) is 3.04. The van der Waals surface area contributed by atoms with Crippen LogP contribution in [0.5, 0.6) is 0 Å². The number of hydrogen-bond donors (Lipinski definition) is 1. The molecule has 0 unspecified atom stereocenters. The van der Waals surface area contributed by atoms with Crippen LogP contribution in [0.1, 0.15) is 28.8 Å². The van der Waals surface area contributed by atoms with Crippen molar-refractivity contribution < 1.29 is 4.79 Å². The van der Waals surface area contributed by atoms with Crippen LogP contribution in [0, 0.1) is 0 Å². The minimum absolute atomic E-state index is 0.0209. The standard InChI is InChI=1S/C10H8BrNO/c11-6-1-2-8-7(5-6)9(13)12-10(8)3-4-10/h1-2,5H,3-4H2,(H,12,13). The molecule has 1 fully saturated rings. The van der Waals surface area contributed by atoms with Crippen molar-refractivity contribution in [2.75, 3.05) is 0 Å².